The summed E-state index contributed by atoms with van der Waals surface area (Å²) in [5.74, 6) is 6.53. The van der Waals surface area contributed by atoms with E-state index < -0.39 is 23.4 Å². The number of rotatable bonds is 1. The highest BCUT2D eigenvalue weighted by molar-refractivity contribution is 5.87. The molecule has 7 heteroatoms. The van der Waals surface area contributed by atoms with Crippen molar-refractivity contribution in [2.75, 3.05) is 13.2 Å². The minimum Gasteiger partial charge on any atom is -0.348 e. The lowest BCUT2D eigenvalue weighted by Crippen LogP contribution is -2.24. The largest absolute Gasteiger partial charge is 0.458 e. The number of fused-ring (bicyclic) bond motifs is 2. The first kappa shape index (κ1) is 24.8. The highest BCUT2D eigenvalue weighted by Crippen LogP contribution is 2.28. The van der Waals surface area contributed by atoms with Crippen LogP contribution in [0.15, 0.2) is 60.7 Å². The maximum atomic E-state index is 14.6. The first-order chi connectivity index (χ1) is 17.7. The summed E-state index contributed by atoms with van der Waals surface area (Å²) < 4.78 is 77.5. The summed E-state index contributed by atoms with van der Waals surface area (Å²) >= 11 is 0. The molecule has 186 valence electrons. The van der Waals surface area contributed by atoms with E-state index in [2.05, 4.69) is 18.8 Å². The molecule has 4 aromatic carbocycles. The van der Waals surface area contributed by atoms with Crippen molar-refractivity contribution in [3.05, 3.63) is 94.6 Å². The van der Waals surface area contributed by atoms with Gasteiger partial charge < -0.3 is 9.47 Å². The van der Waals surface area contributed by atoms with Crippen LogP contribution in [0.3, 0.4) is 0 Å². The maximum absolute atomic E-state index is 14.6. The van der Waals surface area contributed by atoms with Gasteiger partial charge in [0.1, 0.15) is 11.6 Å². The minimum absolute atomic E-state index is 0.0414. The Labute approximate surface area is 210 Å². The van der Waals surface area contributed by atoms with Crippen LogP contribution in [-0.4, -0.2) is 19.4 Å². The monoisotopic (exact) mass is 506 g/mol. The van der Waals surface area contributed by atoms with Crippen molar-refractivity contribution in [1.82, 2.24) is 0 Å². The average molecular weight is 506 g/mol. The normalized spacial score (nSPS) is 17.7. The van der Waals surface area contributed by atoms with Crippen molar-refractivity contribution in [1.29, 1.82) is 0 Å². The molecule has 1 heterocycles. The van der Waals surface area contributed by atoms with Gasteiger partial charge >= 0.3 is 6.18 Å². The smallest absolute Gasteiger partial charge is 0.348 e. The fraction of sp³-hybridized carbons (Fsp3) is 0.200. The van der Waals surface area contributed by atoms with Gasteiger partial charge in [-0.25, -0.2) is 8.78 Å². The molecule has 5 rings (SSSR count). The number of hydrogen-bond donors (Lipinski definition) is 0. The molecule has 0 spiro atoms. The molecular weight excluding hydrogens is 487 g/mol. The van der Waals surface area contributed by atoms with E-state index in [4.69, 9.17) is 9.47 Å². The molecule has 0 aromatic heterocycles. The zero-order valence-corrected chi connectivity index (χ0v) is 19.5. The predicted octanol–water partition coefficient (Wildman–Crippen LogP) is 7.27. The zero-order chi connectivity index (χ0) is 26.2. The topological polar surface area (TPSA) is 18.5 Å². The first-order valence-electron chi connectivity index (χ1n) is 11.5. The number of halogens is 5. The second-order valence-corrected chi connectivity index (χ2v) is 8.91. The van der Waals surface area contributed by atoms with Gasteiger partial charge in [0.05, 0.1) is 18.8 Å². The van der Waals surface area contributed by atoms with Crippen LogP contribution in [0, 0.1) is 41.2 Å². The van der Waals surface area contributed by atoms with E-state index in [9.17, 15) is 22.0 Å². The van der Waals surface area contributed by atoms with Gasteiger partial charge in [-0.3, -0.25) is 0 Å². The molecular formula is C30H19F5O2. The Morgan fingerprint density at radius 2 is 1.38 bits per heavy atom. The Bertz CT molecular complexity index is 1630. The fourth-order valence-corrected chi connectivity index (χ4v) is 4.08. The molecule has 2 nitrogen and oxygen atoms in total. The van der Waals surface area contributed by atoms with E-state index in [1.807, 2.05) is 36.4 Å². The van der Waals surface area contributed by atoms with Gasteiger partial charge in [0, 0.05) is 33.9 Å². The number of alkyl halides is 3. The molecule has 37 heavy (non-hydrogen) atoms. The molecule has 0 amide bonds. The van der Waals surface area contributed by atoms with Gasteiger partial charge in [0.15, 0.2) is 6.29 Å². The van der Waals surface area contributed by atoms with Crippen molar-refractivity contribution in [2.24, 2.45) is 5.92 Å². The van der Waals surface area contributed by atoms with Crippen LogP contribution in [0.5, 0.6) is 0 Å². The quantitative estimate of drug-likeness (QED) is 0.200. The Kier molecular flexibility index (Phi) is 6.60. The molecule has 0 bridgehead atoms. The van der Waals surface area contributed by atoms with E-state index in [1.165, 1.54) is 18.2 Å². The second-order valence-electron chi connectivity index (χ2n) is 8.91. The second kappa shape index (κ2) is 9.86. The highest BCUT2D eigenvalue weighted by atomic mass is 19.4. The van der Waals surface area contributed by atoms with E-state index in [0.29, 0.717) is 24.7 Å². The summed E-state index contributed by atoms with van der Waals surface area (Å²) in [7, 11) is 0. The molecule has 1 aliphatic heterocycles. The molecule has 0 aliphatic carbocycles. The summed E-state index contributed by atoms with van der Waals surface area (Å²) in [4.78, 5) is 0. The van der Waals surface area contributed by atoms with Gasteiger partial charge in [-0.1, -0.05) is 49.0 Å². The molecule has 1 aliphatic rings. The predicted molar refractivity (Wildman–Crippen MR) is 131 cm³/mol. The average Bonchev–Trinajstić information content (AvgIpc) is 2.86. The van der Waals surface area contributed by atoms with Crippen molar-refractivity contribution in [3.63, 3.8) is 0 Å². The lowest BCUT2D eigenvalue weighted by Gasteiger charge is -2.27. The van der Waals surface area contributed by atoms with Crippen LogP contribution >= 0.6 is 0 Å². The molecule has 0 saturated carbocycles. The first-order valence-corrected chi connectivity index (χ1v) is 11.5. The standard InChI is InChI=1S/C30H19F5O2/c1-18-16-36-29(37-17-18)23-8-7-21-12-19(4-6-22(21)14-23)2-3-20-5-9-25-24(13-20)15-27(31)26(28(25)32)10-11-30(33,34)35/h4-9,12-15,18,29H,16-17H2,1H3. The number of hydrogen-bond acceptors (Lipinski definition) is 2. The van der Waals surface area contributed by atoms with E-state index in [0.717, 1.165) is 33.9 Å². The Hall–Kier alpha value is -3.91. The van der Waals surface area contributed by atoms with Gasteiger partial charge in [-0.2, -0.15) is 13.2 Å². The van der Waals surface area contributed by atoms with E-state index in [-0.39, 0.29) is 17.1 Å². The summed E-state index contributed by atoms with van der Waals surface area (Å²) in [6, 6.07) is 17.0. The number of benzene rings is 4. The summed E-state index contributed by atoms with van der Waals surface area (Å²) in [5.41, 5.74) is 1.27. The van der Waals surface area contributed by atoms with Crippen molar-refractivity contribution in [2.45, 2.75) is 19.4 Å². The van der Waals surface area contributed by atoms with Crippen LogP contribution in [-0.2, 0) is 9.47 Å². The lowest BCUT2D eigenvalue weighted by molar-refractivity contribution is -0.202. The molecule has 0 N–H and O–H groups in total. The third-order valence-electron chi connectivity index (χ3n) is 5.91. The van der Waals surface area contributed by atoms with E-state index >= 15 is 0 Å². The van der Waals surface area contributed by atoms with Crippen LogP contribution in [0.1, 0.15) is 35.5 Å². The Morgan fingerprint density at radius 3 is 2.08 bits per heavy atom. The minimum atomic E-state index is -4.85. The van der Waals surface area contributed by atoms with Crippen molar-refractivity contribution < 1.29 is 31.4 Å². The zero-order valence-electron chi connectivity index (χ0n) is 19.5. The summed E-state index contributed by atoms with van der Waals surface area (Å²) in [5, 5.41) is 2.12. The molecule has 0 radical (unpaired) electrons. The van der Waals surface area contributed by atoms with E-state index in [1.54, 1.807) is 5.92 Å². The number of ether oxygens (including phenoxy) is 2. The lowest BCUT2D eigenvalue weighted by atomic mass is 10.0. The molecule has 0 atom stereocenters. The Balaban J connectivity index is 1.40. The van der Waals surface area contributed by atoms with Crippen molar-refractivity contribution >= 4 is 21.5 Å². The fourth-order valence-electron chi connectivity index (χ4n) is 4.08. The van der Waals surface area contributed by atoms with Gasteiger partial charge in [-0.05, 0) is 52.6 Å². The van der Waals surface area contributed by atoms with Gasteiger partial charge in [0.2, 0.25) is 0 Å². The molecule has 4 aromatic rings. The molecule has 1 fully saturated rings. The van der Waals surface area contributed by atoms with Gasteiger partial charge in [-0.15, -0.1) is 0 Å². The van der Waals surface area contributed by atoms with Crippen LogP contribution < -0.4 is 0 Å². The summed E-state index contributed by atoms with van der Waals surface area (Å²) in [6.45, 7) is 3.37. The third kappa shape index (κ3) is 5.59. The van der Waals surface area contributed by atoms with Crippen LogP contribution in [0.25, 0.3) is 21.5 Å². The van der Waals surface area contributed by atoms with Crippen LogP contribution in [0.4, 0.5) is 22.0 Å². The third-order valence-corrected chi connectivity index (χ3v) is 5.91. The van der Waals surface area contributed by atoms with Crippen LogP contribution in [0.2, 0.25) is 0 Å². The van der Waals surface area contributed by atoms with Gasteiger partial charge in [0.25, 0.3) is 0 Å². The summed E-state index contributed by atoms with van der Waals surface area (Å²) in [6.07, 6.45) is -5.23. The maximum Gasteiger partial charge on any atom is 0.458 e. The Morgan fingerprint density at radius 1 is 0.757 bits per heavy atom. The van der Waals surface area contributed by atoms with Crippen molar-refractivity contribution in [3.8, 4) is 23.7 Å². The molecule has 1 saturated heterocycles. The highest BCUT2D eigenvalue weighted by Gasteiger charge is 2.24. The molecule has 0 unspecified atom stereocenters. The SMILES string of the molecule is CC1COC(c2ccc3cc(C#Cc4ccc5c(F)c(C#CC(F)(F)F)c(F)cc5c4)ccc3c2)OC1.